The first-order valence-electron chi connectivity index (χ1n) is 5.74. The number of benzene rings is 1. The first-order chi connectivity index (χ1) is 9.79. The van der Waals surface area contributed by atoms with Crippen LogP contribution in [0.4, 0.5) is 11.4 Å². The first kappa shape index (κ1) is 14.9. The summed E-state index contributed by atoms with van der Waals surface area (Å²) in [6.07, 6.45) is 1.44. The standard InChI is InChI=1S/C11H12N4O5S/c1-7-5-13-11(20-7)6-14-21(18,19)10-3-2-8(12)4-9(10)15(16)17/h2-5,14H,6,12H2,1H3. The molecule has 0 saturated heterocycles. The number of hydrogen-bond donors (Lipinski definition) is 2. The van der Waals surface area contributed by atoms with Gasteiger partial charge in [-0.15, -0.1) is 0 Å². The number of nitrogens with one attached hydrogen (secondary N) is 1. The Hall–Kier alpha value is -2.46. The Morgan fingerprint density at radius 1 is 1.48 bits per heavy atom. The van der Waals surface area contributed by atoms with Crippen molar-refractivity contribution >= 4 is 21.4 Å². The highest BCUT2D eigenvalue weighted by Gasteiger charge is 2.26. The van der Waals surface area contributed by atoms with Crippen molar-refractivity contribution in [3.8, 4) is 0 Å². The van der Waals surface area contributed by atoms with E-state index in [9.17, 15) is 18.5 Å². The van der Waals surface area contributed by atoms with E-state index in [0.717, 1.165) is 12.1 Å². The molecule has 1 aromatic heterocycles. The molecule has 0 aliphatic carbocycles. The zero-order valence-electron chi connectivity index (χ0n) is 10.9. The van der Waals surface area contributed by atoms with Gasteiger partial charge in [0.05, 0.1) is 17.7 Å². The van der Waals surface area contributed by atoms with Crippen LogP contribution in [-0.2, 0) is 16.6 Å². The fourth-order valence-electron chi connectivity index (χ4n) is 1.62. The molecule has 0 aliphatic rings. The second-order valence-corrected chi connectivity index (χ2v) is 5.91. The predicted octanol–water partition coefficient (Wildman–Crippen LogP) is 0.952. The van der Waals surface area contributed by atoms with Gasteiger partial charge in [-0.3, -0.25) is 10.1 Å². The molecule has 0 unspecified atom stereocenters. The average Bonchev–Trinajstić information content (AvgIpc) is 2.82. The lowest BCUT2D eigenvalue weighted by Crippen LogP contribution is -2.24. The van der Waals surface area contributed by atoms with Crippen molar-refractivity contribution in [3.63, 3.8) is 0 Å². The van der Waals surface area contributed by atoms with E-state index in [0.29, 0.717) is 5.76 Å². The number of sulfonamides is 1. The molecule has 2 aromatic rings. The van der Waals surface area contributed by atoms with Crippen LogP contribution < -0.4 is 10.5 Å². The quantitative estimate of drug-likeness (QED) is 0.475. The van der Waals surface area contributed by atoms with Crippen LogP contribution in [0.15, 0.2) is 33.7 Å². The molecule has 0 aliphatic heterocycles. The molecule has 1 heterocycles. The minimum atomic E-state index is -4.09. The summed E-state index contributed by atoms with van der Waals surface area (Å²) < 4.78 is 31.6. The Bertz CT molecular complexity index is 784. The maximum absolute atomic E-state index is 12.1. The topological polar surface area (TPSA) is 141 Å². The van der Waals surface area contributed by atoms with E-state index in [1.807, 2.05) is 0 Å². The van der Waals surface area contributed by atoms with Crippen LogP contribution in [0.3, 0.4) is 0 Å². The molecular weight excluding hydrogens is 300 g/mol. The largest absolute Gasteiger partial charge is 0.445 e. The lowest BCUT2D eigenvalue weighted by molar-refractivity contribution is -0.387. The number of anilines is 1. The number of aryl methyl sites for hydroxylation is 1. The summed E-state index contributed by atoms with van der Waals surface area (Å²) >= 11 is 0. The lowest BCUT2D eigenvalue weighted by Gasteiger charge is -2.06. The van der Waals surface area contributed by atoms with Crippen LogP contribution in [0, 0.1) is 17.0 Å². The van der Waals surface area contributed by atoms with Crippen molar-refractivity contribution in [1.29, 1.82) is 0 Å². The van der Waals surface area contributed by atoms with Crippen molar-refractivity contribution in [1.82, 2.24) is 9.71 Å². The molecule has 0 fully saturated rings. The Labute approximate surface area is 120 Å². The number of nitrogens with two attached hydrogens (primary N) is 1. The summed E-state index contributed by atoms with van der Waals surface area (Å²) in [6, 6.07) is 3.34. The maximum Gasteiger partial charge on any atom is 0.291 e. The molecule has 3 N–H and O–H groups in total. The van der Waals surface area contributed by atoms with Crippen LogP contribution in [0.25, 0.3) is 0 Å². The fourth-order valence-corrected chi connectivity index (χ4v) is 2.75. The summed E-state index contributed by atoms with van der Waals surface area (Å²) in [4.78, 5) is 13.5. The van der Waals surface area contributed by atoms with Gasteiger partial charge < -0.3 is 10.2 Å². The summed E-state index contributed by atoms with van der Waals surface area (Å²) in [5.74, 6) is 0.692. The van der Waals surface area contributed by atoms with Gasteiger partial charge in [-0.05, 0) is 19.1 Å². The summed E-state index contributed by atoms with van der Waals surface area (Å²) in [5.41, 5.74) is 4.94. The molecule has 0 saturated carbocycles. The minimum absolute atomic E-state index is 0.101. The molecular formula is C11H12N4O5S. The van der Waals surface area contributed by atoms with Crippen LogP contribution in [0.2, 0.25) is 0 Å². The molecule has 1 aromatic carbocycles. The number of nitrogens with zero attached hydrogens (tertiary/aromatic N) is 2. The van der Waals surface area contributed by atoms with E-state index in [-0.39, 0.29) is 18.1 Å². The zero-order chi connectivity index (χ0) is 15.6. The van der Waals surface area contributed by atoms with Crippen LogP contribution in [0.1, 0.15) is 11.7 Å². The normalized spacial score (nSPS) is 11.5. The molecule has 9 nitrogen and oxygen atoms in total. The zero-order valence-corrected chi connectivity index (χ0v) is 11.8. The van der Waals surface area contributed by atoms with Crippen molar-refractivity contribution in [2.75, 3.05) is 5.73 Å². The fraction of sp³-hybridized carbons (Fsp3) is 0.182. The third kappa shape index (κ3) is 3.35. The monoisotopic (exact) mass is 312 g/mol. The molecule has 0 bridgehead atoms. The SMILES string of the molecule is Cc1cnc(CNS(=O)(=O)c2ccc(N)cc2[N+](=O)[O-])o1. The third-order valence-corrected chi connectivity index (χ3v) is 4.00. The minimum Gasteiger partial charge on any atom is -0.445 e. The lowest BCUT2D eigenvalue weighted by atomic mass is 10.3. The number of nitro benzene ring substituents is 1. The number of rotatable bonds is 5. The van der Waals surface area contributed by atoms with E-state index in [2.05, 4.69) is 9.71 Å². The number of oxazole rings is 1. The molecule has 112 valence electrons. The van der Waals surface area contributed by atoms with Crippen molar-refractivity contribution < 1.29 is 17.8 Å². The molecule has 2 rings (SSSR count). The second kappa shape index (κ2) is 5.50. The second-order valence-electron chi connectivity index (χ2n) is 4.17. The highest BCUT2D eigenvalue weighted by Crippen LogP contribution is 2.25. The van der Waals surface area contributed by atoms with Crippen molar-refractivity contribution in [3.05, 3.63) is 46.2 Å². The van der Waals surface area contributed by atoms with E-state index in [1.165, 1.54) is 12.3 Å². The molecule has 0 atom stereocenters. The molecule has 0 radical (unpaired) electrons. The number of hydrogen-bond acceptors (Lipinski definition) is 7. The van der Waals surface area contributed by atoms with Crippen LogP contribution >= 0.6 is 0 Å². The van der Waals surface area contributed by atoms with Crippen LogP contribution in [0.5, 0.6) is 0 Å². The van der Waals surface area contributed by atoms with Gasteiger partial charge in [0, 0.05) is 11.8 Å². The van der Waals surface area contributed by atoms with Crippen molar-refractivity contribution in [2.24, 2.45) is 0 Å². The van der Waals surface area contributed by atoms with E-state index < -0.39 is 25.5 Å². The Balaban J connectivity index is 2.29. The van der Waals surface area contributed by atoms with Gasteiger partial charge >= 0.3 is 0 Å². The summed E-state index contributed by atoms with van der Waals surface area (Å²) in [7, 11) is -4.09. The van der Waals surface area contributed by atoms with Gasteiger partial charge in [-0.1, -0.05) is 0 Å². The Morgan fingerprint density at radius 3 is 2.76 bits per heavy atom. The number of nitrogen functional groups attached to an aromatic ring is 1. The van der Waals surface area contributed by atoms with Gasteiger partial charge in [-0.25, -0.2) is 18.1 Å². The van der Waals surface area contributed by atoms with Gasteiger partial charge in [0.15, 0.2) is 4.90 Å². The highest BCUT2D eigenvalue weighted by molar-refractivity contribution is 7.89. The smallest absolute Gasteiger partial charge is 0.291 e. The predicted molar refractivity (Wildman–Crippen MR) is 72.8 cm³/mol. The molecule has 21 heavy (non-hydrogen) atoms. The maximum atomic E-state index is 12.1. The van der Waals surface area contributed by atoms with Gasteiger partial charge in [-0.2, -0.15) is 0 Å². The van der Waals surface area contributed by atoms with E-state index in [1.54, 1.807) is 6.92 Å². The molecule has 0 amide bonds. The van der Waals surface area contributed by atoms with Crippen LogP contribution in [-0.4, -0.2) is 18.3 Å². The van der Waals surface area contributed by atoms with Crippen molar-refractivity contribution in [2.45, 2.75) is 18.4 Å². The van der Waals surface area contributed by atoms with Gasteiger partial charge in [0.25, 0.3) is 5.69 Å². The van der Waals surface area contributed by atoms with E-state index in [4.69, 9.17) is 10.2 Å². The Kier molecular flexibility index (Phi) is 3.91. The number of aromatic nitrogens is 1. The first-order valence-corrected chi connectivity index (χ1v) is 7.23. The molecule has 0 spiro atoms. The van der Waals surface area contributed by atoms with Gasteiger partial charge in [0.2, 0.25) is 15.9 Å². The molecule has 10 heteroatoms. The third-order valence-electron chi connectivity index (χ3n) is 2.55. The average molecular weight is 312 g/mol. The van der Waals surface area contributed by atoms with Gasteiger partial charge in [0.1, 0.15) is 5.76 Å². The number of nitro groups is 1. The van der Waals surface area contributed by atoms with E-state index >= 15 is 0 Å². The highest BCUT2D eigenvalue weighted by atomic mass is 32.2. The summed E-state index contributed by atoms with van der Waals surface area (Å²) in [6.45, 7) is 1.45. The summed E-state index contributed by atoms with van der Waals surface area (Å²) in [5, 5.41) is 10.9. The Morgan fingerprint density at radius 2 is 2.19 bits per heavy atom.